The SMILES string of the molecule is C=C(C)C(=O)O.CC(=O)OC(C(=O)O)C(OC(C)=O)C(=O)OCC1CCCO1. The van der Waals surface area contributed by atoms with E-state index in [1.54, 1.807) is 0 Å². The van der Waals surface area contributed by atoms with E-state index < -0.39 is 42.1 Å². The minimum atomic E-state index is -1.97. The molecule has 0 radical (unpaired) electrons. The minimum Gasteiger partial charge on any atom is -0.478 e. The molecule has 1 saturated heterocycles. The van der Waals surface area contributed by atoms with Crippen LogP contribution >= 0.6 is 0 Å². The van der Waals surface area contributed by atoms with Crippen molar-refractivity contribution in [2.45, 2.75) is 51.9 Å². The van der Waals surface area contributed by atoms with Gasteiger partial charge in [-0.3, -0.25) is 9.59 Å². The van der Waals surface area contributed by atoms with E-state index in [1.807, 2.05) is 0 Å². The van der Waals surface area contributed by atoms with Gasteiger partial charge in [0.2, 0.25) is 12.2 Å². The number of carboxylic acid groups (broad SMARTS) is 2. The summed E-state index contributed by atoms with van der Waals surface area (Å²) in [4.78, 5) is 54.7. The van der Waals surface area contributed by atoms with Gasteiger partial charge in [0.05, 0.1) is 6.10 Å². The van der Waals surface area contributed by atoms with Gasteiger partial charge < -0.3 is 29.2 Å². The summed E-state index contributed by atoms with van der Waals surface area (Å²) in [6.45, 7) is 7.03. The van der Waals surface area contributed by atoms with Gasteiger partial charge in [0, 0.05) is 26.0 Å². The van der Waals surface area contributed by atoms with E-state index in [2.05, 4.69) is 16.1 Å². The Labute approximate surface area is 161 Å². The van der Waals surface area contributed by atoms with E-state index in [0.29, 0.717) is 13.0 Å². The van der Waals surface area contributed by atoms with Crippen LogP contribution in [0.3, 0.4) is 0 Å². The second-order valence-corrected chi connectivity index (χ2v) is 5.75. The average Bonchev–Trinajstić information content (AvgIpc) is 3.09. The van der Waals surface area contributed by atoms with Crippen LogP contribution in [0, 0.1) is 0 Å². The third kappa shape index (κ3) is 10.3. The Kier molecular flexibility index (Phi) is 11.1. The van der Waals surface area contributed by atoms with Crippen molar-refractivity contribution in [2.24, 2.45) is 0 Å². The largest absolute Gasteiger partial charge is 0.478 e. The van der Waals surface area contributed by atoms with Gasteiger partial charge in [-0.05, 0) is 19.8 Å². The maximum absolute atomic E-state index is 12.0. The van der Waals surface area contributed by atoms with Crippen LogP contribution < -0.4 is 0 Å². The lowest BCUT2D eigenvalue weighted by Gasteiger charge is -2.22. The normalized spacial score (nSPS) is 17.2. The summed E-state index contributed by atoms with van der Waals surface area (Å²) in [6.07, 6.45) is -2.59. The van der Waals surface area contributed by atoms with Crippen LogP contribution in [0.5, 0.6) is 0 Å². The molecule has 1 aliphatic rings. The van der Waals surface area contributed by atoms with Gasteiger partial charge in [-0.1, -0.05) is 6.58 Å². The first-order valence-corrected chi connectivity index (χ1v) is 8.20. The first-order valence-electron chi connectivity index (χ1n) is 8.20. The van der Waals surface area contributed by atoms with E-state index in [0.717, 1.165) is 20.3 Å². The Morgan fingerprint density at radius 3 is 1.89 bits per heavy atom. The highest BCUT2D eigenvalue weighted by atomic mass is 16.6. The van der Waals surface area contributed by atoms with Crippen molar-refractivity contribution in [1.82, 2.24) is 0 Å². The van der Waals surface area contributed by atoms with Crippen molar-refractivity contribution >= 4 is 29.8 Å². The van der Waals surface area contributed by atoms with Crippen LogP contribution in [0.15, 0.2) is 12.2 Å². The molecular formula is C17H24O11. The molecule has 1 heterocycles. The van der Waals surface area contributed by atoms with Crippen molar-refractivity contribution in [3.8, 4) is 0 Å². The van der Waals surface area contributed by atoms with E-state index in [1.165, 1.54) is 6.92 Å². The number of esters is 3. The highest BCUT2D eigenvalue weighted by Gasteiger charge is 2.41. The zero-order valence-electron chi connectivity index (χ0n) is 15.8. The van der Waals surface area contributed by atoms with Crippen molar-refractivity contribution < 1.29 is 53.1 Å². The van der Waals surface area contributed by atoms with Gasteiger partial charge in [-0.2, -0.15) is 0 Å². The van der Waals surface area contributed by atoms with E-state index >= 15 is 0 Å². The predicted octanol–water partition coefficient (Wildman–Crippen LogP) is 0.304. The number of carboxylic acids is 2. The average molecular weight is 404 g/mol. The van der Waals surface area contributed by atoms with Crippen molar-refractivity contribution in [1.29, 1.82) is 0 Å². The molecule has 0 aromatic rings. The van der Waals surface area contributed by atoms with Gasteiger partial charge in [0.15, 0.2) is 0 Å². The van der Waals surface area contributed by atoms with Crippen LogP contribution in [-0.2, 0) is 42.9 Å². The molecule has 1 rings (SSSR count). The summed E-state index contributed by atoms with van der Waals surface area (Å²) in [7, 11) is 0. The first kappa shape index (κ1) is 25.1. The number of hydrogen-bond donors (Lipinski definition) is 2. The molecule has 3 atom stereocenters. The molecule has 0 amide bonds. The second kappa shape index (κ2) is 12.4. The highest BCUT2D eigenvalue weighted by molar-refractivity contribution is 5.88. The van der Waals surface area contributed by atoms with Crippen molar-refractivity contribution in [3.63, 3.8) is 0 Å². The van der Waals surface area contributed by atoms with Crippen LogP contribution in [0.25, 0.3) is 0 Å². The summed E-state index contributed by atoms with van der Waals surface area (Å²) >= 11 is 0. The third-order valence-corrected chi connectivity index (χ3v) is 3.14. The maximum Gasteiger partial charge on any atom is 0.352 e. The second-order valence-electron chi connectivity index (χ2n) is 5.75. The lowest BCUT2D eigenvalue weighted by Crippen LogP contribution is -2.46. The van der Waals surface area contributed by atoms with Gasteiger partial charge >= 0.3 is 29.8 Å². The Bertz CT molecular complexity index is 592. The Morgan fingerprint density at radius 1 is 1.04 bits per heavy atom. The molecule has 3 unspecified atom stereocenters. The van der Waals surface area contributed by atoms with E-state index in [-0.39, 0.29) is 18.3 Å². The predicted molar refractivity (Wildman–Crippen MR) is 91.1 cm³/mol. The maximum atomic E-state index is 12.0. The third-order valence-electron chi connectivity index (χ3n) is 3.14. The van der Waals surface area contributed by atoms with Gasteiger partial charge in [0.1, 0.15) is 6.61 Å². The van der Waals surface area contributed by atoms with E-state index in [9.17, 15) is 24.0 Å². The van der Waals surface area contributed by atoms with E-state index in [4.69, 9.17) is 19.7 Å². The summed E-state index contributed by atoms with van der Waals surface area (Å²) in [5.74, 6) is -5.51. The molecule has 1 aliphatic heterocycles. The van der Waals surface area contributed by atoms with Gasteiger partial charge in [-0.15, -0.1) is 0 Å². The fraction of sp³-hybridized carbons (Fsp3) is 0.588. The molecule has 0 saturated carbocycles. The van der Waals surface area contributed by atoms with Gasteiger partial charge in [-0.25, -0.2) is 14.4 Å². The van der Waals surface area contributed by atoms with Crippen LogP contribution in [-0.4, -0.2) is 71.6 Å². The molecule has 158 valence electrons. The fourth-order valence-corrected chi connectivity index (χ4v) is 1.87. The van der Waals surface area contributed by atoms with Gasteiger partial charge in [0.25, 0.3) is 0 Å². The summed E-state index contributed by atoms with van der Waals surface area (Å²) < 4.78 is 19.3. The summed E-state index contributed by atoms with van der Waals surface area (Å²) in [6, 6.07) is 0. The first-order chi connectivity index (χ1) is 13.0. The van der Waals surface area contributed by atoms with Crippen LogP contribution in [0.1, 0.15) is 33.6 Å². The van der Waals surface area contributed by atoms with Crippen LogP contribution in [0.2, 0.25) is 0 Å². The molecule has 0 aromatic heterocycles. The standard InChI is InChI=1S/C13H18O9.C4H6O2/c1-7(14)21-10(12(16)17)11(22-8(2)15)13(18)20-6-9-4-3-5-19-9;1-3(2)4(5)6/h9-11H,3-6H2,1-2H3,(H,16,17);1H2,2H3,(H,5,6). The summed E-state index contributed by atoms with van der Waals surface area (Å²) in [5, 5.41) is 16.9. The molecule has 0 spiro atoms. The number of carbonyl (C=O) groups is 5. The Hall–Kier alpha value is -2.95. The van der Waals surface area contributed by atoms with Crippen LogP contribution in [0.4, 0.5) is 0 Å². The number of rotatable bonds is 8. The summed E-state index contributed by atoms with van der Waals surface area (Å²) in [5.41, 5.74) is 0.176. The monoisotopic (exact) mass is 404 g/mol. The molecule has 1 fully saturated rings. The smallest absolute Gasteiger partial charge is 0.352 e. The lowest BCUT2D eigenvalue weighted by atomic mass is 10.2. The number of aliphatic carboxylic acids is 2. The zero-order chi connectivity index (χ0) is 21.9. The van der Waals surface area contributed by atoms with Crippen molar-refractivity contribution in [3.05, 3.63) is 12.2 Å². The fourth-order valence-electron chi connectivity index (χ4n) is 1.87. The zero-order valence-corrected chi connectivity index (χ0v) is 15.8. The Morgan fingerprint density at radius 2 is 1.54 bits per heavy atom. The molecule has 0 aromatic carbocycles. The Balaban J connectivity index is 0.00000105. The molecule has 2 N–H and O–H groups in total. The molecule has 11 nitrogen and oxygen atoms in total. The molecule has 0 bridgehead atoms. The molecule has 28 heavy (non-hydrogen) atoms. The van der Waals surface area contributed by atoms with Crippen molar-refractivity contribution in [2.75, 3.05) is 13.2 Å². The molecule has 11 heteroatoms. The lowest BCUT2D eigenvalue weighted by molar-refractivity contribution is -0.189. The number of carbonyl (C=O) groups excluding carboxylic acids is 3. The highest BCUT2D eigenvalue weighted by Crippen LogP contribution is 2.14. The minimum absolute atomic E-state index is 0.0942. The number of hydrogen-bond acceptors (Lipinski definition) is 9. The number of ether oxygens (including phenoxy) is 4. The quantitative estimate of drug-likeness (QED) is 0.325. The topological polar surface area (TPSA) is 163 Å². The molecule has 0 aliphatic carbocycles. The molecular weight excluding hydrogens is 380 g/mol.